The average molecular weight is 498 g/mol. The van der Waals surface area contributed by atoms with Crippen LogP contribution in [0.5, 0.6) is 0 Å². The molecule has 0 unspecified atom stereocenters. The summed E-state index contributed by atoms with van der Waals surface area (Å²) >= 11 is 0. The van der Waals surface area contributed by atoms with Crippen molar-refractivity contribution >= 4 is 11.8 Å². The van der Waals surface area contributed by atoms with Crippen molar-refractivity contribution < 1.29 is 22.9 Å². The fraction of sp³-hybridized carbons (Fsp3) is 0.385. The van der Waals surface area contributed by atoms with E-state index in [0.29, 0.717) is 13.0 Å². The molecule has 0 bridgehead atoms. The highest BCUT2D eigenvalue weighted by Gasteiger charge is 2.36. The predicted octanol–water partition coefficient (Wildman–Crippen LogP) is 3.64. The fourth-order valence-electron chi connectivity index (χ4n) is 4.39. The topological polar surface area (TPSA) is 100 Å². The number of amides is 2. The molecule has 1 aromatic carbocycles. The highest BCUT2D eigenvalue weighted by molar-refractivity contribution is 5.94. The normalized spacial score (nSPS) is 19.0. The molecular weight excluding hydrogens is 468 g/mol. The number of aryl methyl sites for hydroxylation is 1. The summed E-state index contributed by atoms with van der Waals surface area (Å²) in [5.74, 6) is -2.73. The molecule has 0 spiro atoms. The van der Waals surface area contributed by atoms with Crippen LogP contribution in [-0.4, -0.2) is 52.5 Å². The summed E-state index contributed by atoms with van der Waals surface area (Å²) in [6, 6.07) is 9.27. The van der Waals surface area contributed by atoms with Gasteiger partial charge in [0.15, 0.2) is 11.5 Å². The van der Waals surface area contributed by atoms with E-state index in [-0.39, 0.29) is 29.0 Å². The van der Waals surface area contributed by atoms with Gasteiger partial charge in [-0.2, -0.15) is 0 Å². The Balaban J connectivity index is 1.47. The highest BCUT2D eigenvalue weighted by Crippen LogP contribution is 2.25. The van der Waals surface area contributed by atoms with E-state index in [1.807, 2.05) is 39.0 Å². The number of hydrogen-bond acceptors (Lipinski definition) is 6. The van der Waals surface area contributed by atoms with Gasteiger partial charge in [0.05, 0.1) is 23.2 Å². The Morgan fingerprint density at radius 3 is 2.75 bits per heavy atom. The van der Waals surface area contributed by atoms with Crippen LogP contribution in [0.3, 0.4) is 0 Å². The third-order valence-electron chi connectivity index (χ3n) is 6.45. The molecule has 8 nitrogen and oxygen atoms in total. The van der Waals surface area contributed by atoms with Crippen molar-refractivity contribution in [2.45, 2.75) is 39.3 Å². The van der Waals surface area contributed by atoms with E-state index in [9.17, 15) is 18.4 Å². The molecule has 2 amide bonds. The van der Waals surface area contributed by atoms with Gasteiger partial charge in [0.2, 0.25) is 5.91 Å². The molecule has 3 aromatic rings. The maximum absolute atomic E-state index is 14.1. The van der Waals surface area contributed by atoms with E-state index in [1.54, 1.807) is 0 Å². The third-order valence-corrected chi connectivity index (χ3v) is 6.45. The van der Waals surface area contributed by atoms with Crippen LogP contribution in [0.1, 0.15) is 48.2 Å². The Bertz CT molecular complexity index is 1250. The van der Waals surface area contributed by atoms with E-state index in [0.717, 1.165) is 36.6 Å². The summed E-state index contributed by atoms with van der Waals surface area (Å²) in [7, 11) is 0. The number of aromatic nitrogens is 2. The SMILES string of the molecule is CCN1CC[C@H](NC(=O)c2cc(-c3ccc(F)cc3F)on2)[C@@H](C(=O)N[C@H](C)c2cccc(C)n2)C1. The number of pyridine rings is 1. The maximum atomic E-state index is 14.1. The molecule has 0 aliphatic carbocycles. The second kappa shape index (κ2) is 10.9. The van der Waals surface area contributed by atoms with E-state index in [2.05, 4.69) is 25.7 Å². The molecule has 0 radical (unpaired) electrons. The van der Waals surface area contributed by atoms with Gasteiger partial charge in [-0.3, -0.25) is 14.6 Å². The van der Waals surface area contributed by atoms with Gasteiger partial charge in [0.25, 0.3) is 5.91 Å². The van der Waals surface area contributed by atoms with Crippen LogP contribution >= 0.6 is 0 Å². The number of rotatable bonds is 7. The smallest absolute Gasteiger partial charge is 0.273 e. The Morgan fingerprint density at radius 2 is 2.03 bits per heavy atom. The van der Waals surface area contributed by atoms with Crippen molar-refractivity contribution in [2.24, 2.45) is 5.92 Å². The minimum absolute atomic E-state index is 0.00444. The van der Waals surface area contributed by atoms with Crippen LogP contribution < -0.4 is 10.6 Å². The monoisotopic (exact) mass is 497 g/mol. The number of benzene rings is 1. The molecule has 4 rings (SSSR count). The van der Waals surface area contributed by atoms with Crippen LogP contribution in [0.25, 0.3) is 11.3 Å². The van der Waals surface area contributed by atoms with Crippen molar-refractivity contribution in [3.63, 3.8) is 0 Å². The largest absolute Gasteiger partial charge is 0.355 e. The number of nitrogens with one attached hydrogen (secondary N) is 2. The molecule has 1 aliphatic rings. The minimum Gasteiger partial charge on any atom is -0.355 e. The Morgan fingerprint density at radius 1 is 1.22 bits per heavy atom. The van der Waals surface area contributed by atoms with E-state index in [4.69, 9.17) is 4.52 Å². The summed E-state index contributed by atoms with van der Waals surface area (Å²) in [4.78, 5) is 32.9. The molecule has 3 heterocycles. The van der Waals surface area contributed by atoms with Crippen LogP contribution in [0, 0.1) is 24.5 Å². The lowest BCUT2D eigenvalue weighted by Crippen LogP contribution is -2.56. The number of piperidine rings is 1. The molecule has 0 saturated carbocycles. The number of carbonyl (C=O) groups excluding carboxylic acids is 2. The molecule has 2 aromatic heterocycles. The maximum Gasteiger partial charge on any atom is 0.273 e. The molecule has 3 atom stereocenters. The van der Waals surface area contributed by atoms with Crippen molar-refractivity contribution in [1.29, 1.82) is 0 Å². The Kier molecular flexibility index (Phi) is 7.73. The summed E-state index contributed by atoms with van der Waals surface area (Å²) in [6.45, 7) is 7.80. The molecule has 10 heteroatoms. The first kappa shape index (κ1) is 25.4. The van der Waals surface area contributed by atoms with Gasteiger partial charge in [0.1, 0.15) is 11.6 Å². The molecule has 1 fully saturated rings. The molecule has 1 saturated heterocycles. The van der Waals surface area contributed by atoms with Gasteiger partial charge in [-0.1, -0.05) is 18.1 Å². The Hall–Kier alpha value is -3.66. The number of halogens is 2. The molecular formula is C26H29F2N5O3. The molecule has 1 aliphatic heterocycles. The van der Waals surface area contributed by atoms with Gasteiger partial charge in [0, 0.05) is 37.0 Å². The van der Waals surface area contributed by atoms with Gasteiger partial charge in [-0.15, -0.1) is 0 Å². The second-order valence-corrected chi connectivity index (χ2v) is 9.00. The first-order valence-electron chi connectivity index (χ1n) is 11.9. The van der Waals surface area contributed by atoms with E-state index >= 15 is 0 Å². The highest BCUT2D eigenvalue weighted by atomic mass is 19.1. The van der Waals surface area contributed by atoms with Gasteiger partial charge >= 0.3 is 0 Å². The van der Waals surface area contributed by atoms with Crippen LogP contribution in [0.2, 0.25) is 0 Å². The fourth-order valence-corrected chi connectivity index (χ4v) is 4.39. The predicted molar refractivity (Wildman–Crippen MR) is 129 cm³/mol. The van der Waals surface area contributed by atoms with E-state index in [1.165, 1.54) is 12.1 Å². The number of likely N-dealkylation sites (tertiary alicyclic amines) is 1. The minimum atomic E-state index is -0.820. The van der Waals surface area contributed by atoms with Crippen LogP contribution in [-0.2, 0) is 4.79 Å². The Labute approximate surface area is 208 Å². The molecule has 190 valence electrons. The lowest BCUT2D eigenvalue weighted by atomic mass is 9.90. The van der Waals surface area contributed by atoms with E-state index < -0.39 is 29.5 Å². The number of nitrogens with zero attached hydrogens (tertiary/aromatic N) is 3. The average Bonchev–Trinajstić information content (AvgIpc) is 3.34. The van der Waals surface area contributed by atoms with Gasteiger partial charge < -0.3 is 20.1 Å². The number of carbonyl (C=O) groups is 2. The van der Waals surface area contributed by atoms with Crippen molar-refractivity contribution in [3.8, 4) is 11.3 Å². The van der Waals surface area contributed by atoms with Gasteiger partial charge in [-0.25, -0.2) is 8.78 Å². The zero-order valence-electron chi connectivity index (χ0n) is 20.4. The summed E-state index contributed by atoms with van der Waals surface area (Å²) in [6.07, 6.45) is 0.575. The van der Waals surface area contributed by atoms with Crippen molar-refractivity contribution in [2.75, 3.05) is 19.6 Å². The van der Waals surface area contributed by atoms with Crippen LogP contribution in [0.4, 0.5) is 8.78 Å². The first-order chi connectivity index (χ1) is 17.2. The first-order valence-corrected chi connectivity index (χ1v) is 11.9. The van der Waals surface area contributed by atoms with Gasteiger partial charge in [-0.05, 0) is 51.1 Å². The molecule has 36 heavy (non-hydrogen) atoms. The van der Waals surface area contributed by atoms with Crippen molar-refractivity contribution in [3.05, 3.63) is 71.2 Å². The van der Waals surface area contributed by atoms with Crippen molar-refractivity contribution in [1.82, 2.24) is 25.7 Å². The lowest BCUT2D eigenvalue weighted by Gasteiger charge is -2.37. The third kappa shape index (κ3) is 5.76. The molecule has 2 N–H and O–H groups in total. The summed E-state index contributed by atoms with van der Waals surface area (Å²) < 4.78 is 32.4. The summed E-state index contributed by atoms with van der Waals surface area (Å²) in [5, 5.41) is 9.69. The van der Waals surface area contributed by atoms with Crippen LogP contribution in [0.15, 0.2) is 47.0 Å². The zero-order valence-corrected chi connectivity index (χ0v) is 20.4. The zero-order chi connectivity index (χ0) is 25.8. The number of hydrogen-bond donors (Lipinski definition) is 2. The standard InChI is InChI=1S/C26H29F2N5O3/c1-4-33-11-10-22(19(14-33)25(34)30-16(3)21-7-5-6-15(2)29-21)31-26(35)23-13-24(36-32-23)18-9-8-17(27)12-20(18)28/h5-9,12-13,16,19,22H,4,10-11,14H2,1-3H3,(H,30,34)(H,31,35)/t16-,19+,22+/m1/s1. The lowest BCUT2D eigenvalue weighted by molar-refractivity contribution is -0.128. The summed E-state index contributed by atoms with van der Waals surface area (Å²) in [5.41, 5.74) is 1.56. The quantitative estimate of drug-likeness (QED) is 0.517. The second-order valence-electron chi connectivity index (χ2n) is 9.00.